The van der Waals surface area contributed by atoms with Crippen LogP contribution in [0.25, 0.3) is 0 Å². The number of aliphatic hydroxyl groups excluding tert-OH is 2. The number of aliphatic hydroxyl groups is 2. The number of hydrogen-bond donors (Lipinski definition) is 3. The van der Waals surface area contributed by atoms with Gasteiger partial charge in [-0.1, -0.05) is 38.7 Å². The first-order chi connectivity index (χ1) is 15.4. The Bertz CT molecular complexity index is 731. The number of carbonyl (C=O) groups is 1. The van der Waals surface area contributed by atoms with Crippen LogP contribution in [0.15, 0.2) is 23.1 Å². The summed E-state index contributed by atoms with van der Waals surface area (Å²) >= 11 is 1.21. The van der Waals surface area contributed by atoms with Crippen molar-refractivity contribution in [2.24, 2.45) is 0 Å². The Labute approximate surface area is 199 Å². The van der Waals surface area contributed by atoms with Gasteiger partial charge in [0.25, 0.3) is 0 Å². The van der Waals surface area contributed by atoms with Gasteiger partial charge in [-0.05, 0) is 63.5 Å². The minimum absolute atomic E-state index is 0.0421. The van der Waals surface area contributed by atoms with Crippen molar-refractivity contribution in [3.8, 4) is 0 Å². The number of aryl methyl sites for hydroxylation is 1. The van der Waals surface area contributed by atoms with E-state index in [1.54, 1.807) is 26.8 Å². The topological polar surface area (TPSA) is 78.8 Å². The molecule has 190 valence electrons. The van der Waals surface area contributed by atoms with E-state index in [4.69, 9.17) is 4.74 Å². The van der Waals surface area contributed by atoms with Gasteiger partial charge in [0.2, 0.25) is 0 Å². The molecule has 0 aromatic heterocycles. The normalized spacial score (nSPS) is 12.6. The molecule has 0 aliphatic carbocycles. The molecule has 0 saturated carbocycles. The van der Waals surface area contributed by atoms with Crippen LogP contribution < -0.4 is 5.32 Å². The molecule has 0 heterocycles. The lowest BCUT2D eigenvalue weighted by molar-refractivity contribution is -0.139. The second-order valence-corrected chi connectivity index (χ2v) is 10.5. The summed E-state index contributed by atoms with van der Waals surface area (Å²) in [7, 11) is 0. The van der Waals surface area contributed by atoms with E-state index in [2.05, 4.69) is 12.2 Å². The zero-order chi connectivity index (χ0) is 25.1. The number of ether oxygens (including phenoxy) is 1. The van der Waals surface area contributed by atoms with Gasteiger partial charge in [0.15, 0.2) is 0 Å². The number of hydrogen-bond acceptors (Lipinski definition) is 5. The van der Waals surface area contributed by atoms with Gasteiger partial charge in [-0.15, -0.1) is 11.8 Å². The lowest BCUT2D eigenvalue weighted by Crippen LogP contribution is -2.55. The highest BCUT2D eigenvalue weighted by atomic mass is 32.2. The van der Waals surface area contributed by atoms with Crippen LogP contribution in [0, 0.1) is 0 Å². The third-order valence-corrected chi connectivity index (χ3v) is 6.28. The van der Waals surface area contributed by atoms with E-state index >= 15 is 0 Å². The monoisotopic (exact) mass is 493 g/mol. The van der Waals surface area contributed by atoms with Gasteiger partial charge in [-0.25, -0.2) is 4.79 Å². The highest BCUT2D eigenvalue weighted by Gasteiger charge is 2.35. The minimum atomic E-state index is -4.49. The Morgan fingerprint density at radius 1 is 1.06 bits per heavy atom. The lowest BCUT2D eigenvalue weighted by Gasteiger charge is -2.32. The smallest absolute Gasteiger partial charge is 0.417 e. The summed E-state index contributed by atoms with van der Waals surface area (Å²) in [6, 6.07) is 4.23. The second-order valence-electron chi connectivity index (χ2n) is 9.31. The molecule has 0 radical (unpaired) electrons. The summed E-state index contributed by atoms with van der Waals surface area (Å²) in [6.45, 7) is 5.98. The molecule has 1 aromatic rings. The molecule has 9 heteroatoms. The first-order valence-corrected chi connectivity index (χ1v) is 12.4. The fourth-order valence-corrected chi connectivity index (χ4v) is 4.28. The number of benzene rings is 1. The summed E-state index contributed by atoms with van der Waals surface area (Å²) in [6.07, 6.45) is 0.102. The Morgan fingerprint density at radius 3 is 2.24 bits per heavy atom. The molecule has 1 aromatic carbocycles. The largest absolute Gasteiger partial charge is 0.444 e. The summed E-state index contributed by atoms with van der Waals surface area (Å²) in [4.78, 5) is 12.3. The summed E-state index contributed by atoms with van der Waals surface area (Å²) in [5.74, 6) is 0.629. The van der Waals surface area contributed by atoms with Gasteiger partial charge in [0.05, 0.1) is 24.3 Å². The van der Waals surface area contributed by atoms with Crippen LogP contribution in [-0.2, 0) is 17.3 Å². The number of thioether (sulfide) groups is 1. The van der Waals surface area contributed by atoms with Crippen molar-refractivity contribution >= 4 is 17.9 Å². The number of alkyl halides is 3. The molecule has 5 nitrogen and oxygen atoms in total. The molecule has 1 rings (SSSR count). The highest BCUT2D eigenvalue weighted by molar-refractivity contribution is 7.99. The van der Waals surface area contributed by atoms with E-state index in [9.17, 15) is 28.2 Å². The zero-order valence-electron chi connectivity index (χ0n) is 20.1. The maximum absolute atomic E-state index is 13.7. The highest BCUT2D eigenvalue weighted by Crippen LogP contribution is 2.38. The van der Waals surface area contributed by atoms with Crippen molar-refractivity contribution < 1.29 is 32.9 Å². The number of unbranched alkanes of at least 4 members (excludes halogenated alkanes) is 4. The van der Waals surface area contributed by atoms with Crippen molar-refractivity contribution in [2.45, 2.75) is 94.9 Å². The third kappa shape index (κ3) is 11.0. The van der Waals surface area contributed by atoms with Gasteiger partial charge in [0, 0.05) is 4.90 Å². The summed E-state index contributed by atoms with van der Waals surface area (Å²) < 4.78 is 46.2. The van der Waals surface area contributed by atoms with Crippen LogP contribution in [0.5, 0.6) is 0 Å². The van der Waals surface area contributed by atoms with Crippen LogP contribution in [0.3, 0.4) is 0 Å². The fourth-order valence-electron chi connectivity index (χ4n) is 3.22. The van der Waals surface area contributed by atoms with Gasteiger partial charge in [-0.3, -0.25) is 0 Å². The van der Waals surface area contributed by atoms with E-state index in [0.717, 1.165) is 38.2 Å². The fraction of sp³-hybridized carbons (Fsp3) is 0.708. The summed E-state index contributed by atoms with van der Waals surface area (Å²) in [5, 5.41) is 22.1. The van der Waals surface area contributed by atoms with Crippen molar-refractivity contribution in [1.29, 1.82) is 0 Å². The van der Waals surface area contributed by atoms with Crippen LogP contribution >= 0.6 is 11.8 Å². The molecule has 33 heavy (non-hydrogen) atoms. The molecule has 1 amide bonds. The predicted octanol–water partition coefficient (Wildman–Crippen LogP) is 5.95. The molecule has 0 aliphatic rings. The molecule has 0 fully saturated rings. The van der Waals surface area contributed by atoms with Crippen molar-refractivity contribution in [2.75, 3.05) is 19.0 Å². The van der Waals surface area contributed by atoms with Crippen LogP contribution in [0.1, 0.15) is 77.3 Å². The Kier molecular flexibility index (Phi) is 12.0. The Balaban J connectivity index is 2.87. The van der Waals surface area contributed by atoms with Gasteiger partial charge >= 0.3 is 12.3 Å². The van der Waals surface area contributed by atoms with E-state index in [1.807, 2.05) is 0 Å². The molecule has 3 N–H and O–H groups in total. The maximum atomic E-state index is 13.7. The minimum Gasteiger partial charge on any atom is -0.444 e. The first kappa shape index (κ1) is 29.6. The molecule has 0 bridgehead atoms. The molecular weight excluding hydrogens is 455 g/mol. The Hall–Kier alpha value is -1.45. The van der Waals surface area contributed by atoms with Gasteiger partial charge in [0.1, 0.15) is 5.60 Å². The van der Waals surface area contributed by atoms with Crippen molar-refractivity contribution in [3.05, 3.63) is 29.3 Å². The maximum Gasteiger partial charge on any atom is 0.417 e. The molecular formula is C24H38F3NO4S. The number of nitrogens with one attached hydrogen (secondary N) is 1. The lowest BCUT2D eigenvalue weighted by atomic mass is 9.92. The van der Waals surface area contributed by atoms with Gasteiger partial charge < -0.3 is 20.3 Å². The average Bonchev–Trinajstić information content (AvgIpc) is 2.72. The molecule has 0 spiro atoms. The number of halogens is 3. The molecule has 0 atom stereocenters. The van der Waals surface area contributed by atoms with Gasteiger partial charge in [-0.2, -0.15) is 13.2 Å². The van der Waals surface area contributed by atoms with E-state index in [1.165, 1.54) is 17.8 Å². The number of carbonyl (C=O) groups excluding carboxylic acids is 1. The number of alkyl carbamates (subject to hydrolysis) is 1. The van der Waals surface area contributed by atoms with E-state index in [-0.39, 0.29) is 17.7 Å². The first-order valence-electron chi connectivity index (χ1n) is 11.4. The number of amides is 1. The second kappa shape index (κ2) is 13.4. The molecule has 0 aliphatic heterocycles. The zero-order valence-corrected chi connectivity index (χ0v) is 20.9. The SMILES string of the molecule is CCCCCCCSc1ccc(CCC(CO)(CO)NC(=O)OC(C)(C)C)cc1C(F)(F)F. The number of rotatable bonds is 13. The van der Waals surface area contributed by atoms with Crippen molar-refractivity contribution in [3.63, 3.8) is 0 Å². The standard InChI is InChI=1S/C24H38F3NO4S/c1-5-6-7-8-9-14-33-20-11-10-18(15-19(20)24(25,26)27)12-13-23(16-29,17-30)28-21(31)32-22(2,3)4/h10-11,15,29-30H,5-9,12-14,16-17H2,1-4H3,(H,28,31). The average molecular weight is 494 g/mol. The summed E-state index contributed by atoms with van der Waals surface area (Å²) in [5.41, 5.74) is -2.46. The molecule has 0 saturated heterocycles. The van der Waals surface area contributed by atoms with E-state index in [0.29, 0.717) is 11.3 Å². The quantitative estimate of drug-likeness (QED) is 0.234. The predicted molar refractivity (Wildman–Crippen MR) is 126 cm³/mol. The Morgan fingerprint density at radius 2 is 1.70 bits per heavy atom. The van der Waals surface area contributed by atoms with Crippen LogP contribution in [0.2, 0.25) is 0 Å². The molecule has 0 unspecified atom stereocenters. The van der Waals surface area contributed by atoms with Crippen LogP contribution in [0.4, 0.5) is 18.0 Å². The van der Waals surface area contributed by atoms with Crippen LogP contribution in [-0.4, -0.2) is 46.4 Å². The van der Waals surface area contributed by atoms with Crippen molar-refractivity contribution in [1.82, 2.24) is 5.32 Å². The van der Waals surface area contributed by atoms with E-state index < -0.39 is 42.2 Å². The third-order valence-electron chi connectivity index (χ3n) is 5.12.